The molecule has 3 heteroatoms. The number of nitrogens with zero attached hydrogens (tertiary/aromatic N) is 1. The highest BCUT2D eigenvalue weighted by molar-refractivity contribution is 5.87. The number of rotatable bonds is 2. The van der Waals surface area contributed by atoms with E-state index in [1.807, 2.05) is 25.1 Å². The second-order valence-corrected chi connectivity index (χ2v) is 5.76. The summed E-state index contributed by atoms with van der Waals surface area (Å²) < 4.78 is 0. The monoisotopic (exact) mass is 276 g/mol. The summed E-state index contributed by atoms with van der Waals surface area (Å²) in [4.78, 5) is 19.8. The second kappa shape index (κ2) is 4.55. The number of hydrogen-bond donors (Lipinski definition) is 1. The van der Waals surface area contributed by atoms with E-state index in [1.54, 1.807) is 0 Å². The molecule has 0 unspecified atom stereocenters. The molecule has 1 fully saturated rings. The molecule has 21 heavy (non-hydrogen) atoms. The van der Waals surface area contributed by atoms with Gasteiger partial charge in [-0.3, -0.25) is 4.79 Å². The topological polar surface area (TPSA) is 45.8 Å². The van der Waals surface area contributed by atoms with Gasteiger partial charge in [-0.25, -0.2) is 4.98 Å². The Morgan fingerprint density at radius 3 is 2.62 bits per heavy atom. The first-order valence-corrected chi connectivity index (χ1v) is 7.32. The van der Waals surface area contributed by atoms with Crippen molar-refractivity contribution < 1.29 is 0 Å². The van der Waals surface area contributed by atoms with Crippen LogP contribution in [0, 0.1) is 6.92 Å². The summed E-state index contributed by atoms with van der Waals surface area (Å²) in [6, 6.07) is 14.5. The lowest BCUT2D eigenvalue weighted by Gasteiger charge is -2.08. The molecule has 0 saturated heterocycles. The van der Waals surface area contributed by atoms with Crippen molar-refractivity contribution >= 4 is 10.8 Å². The molecule has 0 amide bonds. The van der Waals surface area contributed by atoms with Gasteiger partial charge in [0.25, 0.3) is 5.56 Å². The molecular weight excluding hydrogens is 260 g/mol. The summed E-state index contributed by atoms with van der Waals surface area (Å²) in [7, 11) is 0. The third-order valence-corrected chi connectivity index (χ3v) is 4.16. The summed E-state index contributed by atoms with van der Waals surface area (Å²) in [5.41, 5.74) is 2.50. The molecular formula is C18H16N2O. The molecule has 0 spiro atoms. The largest absolute Gasteiger partial charge is 0.310 e. The molecule has 1 heterocycles. The first-order chi connectivity index (χ1) is 10.2. The molecule has 1 N–H and O–H groups in total. The number of fused-ring (bicyclic) bond motifs is 1. The van der Waals surface area contributed by atoms with Gasteiger partial charge >= 0.3 is 0 Å². The first-order valence-electron chi connectivity index (χ1n) is 7.32. The van der Waals surface area contributed by atoms with Crippen molar-refractivity contribution in [3.63, 3.8) is 0 Å². The Bertz CT molecular complexity index is 891. The van der Waals surface area contributed by atoms with E-state index < -0.39 is 0 Å². The van der Waals surface area contributed by atoms with Crippen molar-refractivity contribution in [2.45, 2.75) is 25.7 Å². The summed E-state index contributed by atoms with van der Waals surface area (Å²) in [6.07, 6.45) is 2.26. The van der Waals surface area contributed by atoms with Gasteiger partial charge in [-0.2, -0.15) is 0 Å². The van der Waals surface area contributed by atoms with Crippen LogP contribution in [0.25, 0.3) is 22.0 Å². The number of H-pyrrole nitrogens is 1. The van der Waals surface area contributed by atoms with Crippen molar-refractivity contribution in [2.24, 2.45) is 0 Å². The van der Waals surface area contributed by atoms with Crippen LogP contribution in [0.1, 0.15) is 30.1 Å². The lowest BCUT2D eigenvalue weighted by Crippen LogP contribution is -2.15. The third kappa shape index (κ3) is 2.15. The highest BCUT2D eigenvalue weighted by Crippen LogP contribution is 2.38. The Kier molecular flexibility index (Phi) is 2.67. The van der Waals surface area contributed by atoms with Gasteiger partial charge in [0, 0.05) is 17.0 Å². The molecule has 1 aliphatic rings. The van der Waals surface area contributed by atoms with E-state index in [-0.39, 0.29) is 5.56 Å². The molecule has 1 aliphatic carbocycles. The van der Waals surface area contributed by atoms with Gasteiger partial charge in [0.2, 0.25) is 0 Å². The lowest BCUT2D eigenvalue weighted by molar-refractivity contribution is 0.901. The molecule has 4 rings (SSSR count). The smallest absolute Gasteiger partial charge is 0.254 e. The summed E-state index contributed by atoms with van der Waals surface area (Å²) >= 11 is 0. The second-order valence-electron chi connectivity index (χ2n) is 5.76. The van der Waals surface area contributed by atoms with Crippen LogP contribution < -0.4 is 5.56 Å². The maximum atomic E-state index is 12.1. The maximum Gasteiger partial charge on any atom is 0.254 e. The van der Waals surface area contributed by atoms with Crippen molar-refractivity contribution in [2.75, 3.05) is 0 Å². The number of hydrogen-bond acceptors (Lipinski definition) is 2. The van der Waals surface area contributed by atoms with E-state index in [0.29, 0.717) is 11.5 Å². The van der Waals surface area contributed by atoms with Crippen molar-refractivity contribution in [1.29, 1.82) is 0 Å². The highest BCUT2D eigenvalue weighted by Gasteiger charge is 2.27. The zero-order chi connectivity index (χ0) is 14.4. The lowest BCUT2D eigenvalue weighted by atomic mass is 10.0. The Balaban J connectivity index is 1.92. The fraction of sp³-hybridized carbons (Fsp3) is 0.222. The minimum atomic E-state index is -0.0185. The predicted molar refractivity (Wildman–Crippen MR) is 84.5 cm³/mol. The molecule has 0 atom stereocenters. The van der Waals surface area contributed by atoms with Gasteiger partial charge < -0.3 is 4.98 Å². The first kappa shape index (κ1) is 12.3. The minimum Gasteiger partial charge on any atom is -0.310 e. The minimum absolute atomic E-state index is 0.0185. The van der Waals surface area contributed by atoms with Gasteiger partial charge in [0.05, 0.1) is 5.69 Å². The standard InChI is InChI=1S/C18H16N2O/c1-11-16(19-17(13-7-8-13)20-18(11)21)15-9-6-12-4-2-3-5-14(12)10-15/h2-6,9-10,13H,7-8H2,1H3,(H,19,20,21). The molecule has 3 aromatic rings. The number of benzene rings is 2. The number of aromatic amines is 1. The Labute approximate surface area is 122 Å². The summed E-state index contributed by atoms with van der Waals surface area (Å²) in [5.74, 6) is 1.28. The zero-order valence-electron chi connectivity index (χ0n) is 11.9. The normalized spacial score (nSPS) is 14.5. The van der Waals surface area contributed by atoms with Crippen LogP contribution in [0.2, 0.25) is 0 Å². The average molecular weight is 276 g/mol. The van der Waals surface area contributed by atoms with E-state index in [4.69, 9.17) is 4.98 Å². The molecule has 0 radical (unpaired) electrons. The van der Waals surface area contributed by atoms with E-state index in [2.05, 4.69) is 29.2 Å². The maximum absolute atomic E-state index is 12.1. The molecule has 0 bridgehead atoms. The van der Waals surface area contributed by atoms with Gasteiger partial charge in [-0.1, -0.05) is 36.4 Å². The Morgan fingerprint density at radius 2 is 1.86 bits per heavy atom. The summed E-state index contributed by atoms with van der Waals surface area (Å²) in [6.45, 7) is 1.84. The van der Waals surface area contributed by atoms with Gasteiger partial charge in [0.15, 0.2) is 0 Å². The Morgan fingerprint density at radius 1 is 1.10 bits per heavy atom. The van der Waals surface area contributed by atoms with Crippen molar-refractivity contribution in [1.82, 2.24) is 9.97 Å². The Hall–Kier alpha value is -2.42. The van der Waals surface area contributed by atoms with Gasteiger partial charge in [-0.05, 0) is 36.6 Å². The van der Waals surface area contributed by atoms with Gasteiger partial charge in [0.1, 0.15) is 5.82 Å². The van der Waals surface area contributed by atoms with Crippen LogP contribution >= 0.6 is 0 Å². The van der Waals surface area contributed by atoms with Crippen LogP contribution in [-0.4, -0.2) is 9.97 Å². The van der Waals surface area contributed by atoms with Crippen LogP contribution in [0.5, 0.6) is 0 Å². The third-order valence-electron chi connectivity index (χ3n) is 4.16. The van der Waals surface area contributed by atoms with Crippen LogP contribution in [0.3, 0.4) is 0 Å². The van der Waals surface area contributed by atoms with E-state index in [9.17, 15) is 4.79 Å². The van der Waals surface area contributed by atoms with Crippen molar-refractivity contribution in [3.8, 4) is 11.3 Å². The van der Waals surface area contributed by atoms with Crippen LogP contribution in [0.4, 0.5) is 0 Å². The molecule has 3 nitrogen and oxygen atoms in total. The predicted octanol–water partition coefficient (Wildman–Crippen LogP) is 3.78. The van der Waals surface area contributed by atoms with E-state index in [1.165, 1.54) is 10.8 Å². The number of nitrogens with one attached hydrogen (secondary N) is 1. The zero-order valence-corrected chi connectivity index (χ0v) is 11.9. The highest BCUT2D eigenvalue weighted by atomic mass is 16.1. The quantitative estimate of drug-likeness (QED) is 0.774. The van der Waals surface area contributed by atoms with E-state index in [0.717, 1.165) is 29.9 Å². The SMILES string of the molecule is Cc1c(-c2ccc3ccccc3c2)nc(C2CC2)[nH]c1=O. The van der Waals surface area contributed by atoms with E-state index >= 15 is 0 Å². The van der Waals surface area contributed by atoms with Crippen LogP contribution in [0.15, 0.2) is 47.3 Å². The average Bonchev–Trinajstić information content (AvgIpc) is 3.34. The van der Waals surface area contributed by atoms with Gasteiger partial charge in [-0.15, -0.1) is 0 Å². The molecule has 0 aliphatic heterocycles. The fourth-order valence-corrected chi connectivity index (χ4v) is 2.72. The van der Waals surface area contributed by atoms with Crippen LogP contribution in [-0.2, 0) is 0 Å². The molecule has 1 saturated carbocycles. The summed E-state index contributed by atoms with van der Waals surface area (Å²) in [5, 5.41) is 2.37. The molecule has 104 valence electrons. The van der Waals surface area contributed by atoms with Crippen molar-refractivity contribution in [3.05, 3.63) is 64.2 Å². The molecule has 1 aromatic heterocycles. The number of aromatic nitrogens is 2. The fourth-order valence-electron chi connectivity index (χ4n) is 2.72. The molecule has 2 aromatic carbocycles.